The first kappa shape index (κ1) is 9.83. The molecule has 2 nitrogen and oxygen atoms in total. The van der Waals surface area contributed by atoms with Crippen LogP contribution in [-0.2, 0) is 4.79 Å². The van der Waals surface area contributed by atoms with E-state index in [0.717, 1.165) is 36.8 Å². The average Bonchev–Trinajstić information content (AvgIpc) is 2.36. The first-order valence-electron chi connectivity index (χ1n) is 6.50. The maximum absolute atomic E-state index is 11.9. The zero-order chi connectivity index (χ0) is 10.4. The van der Waals surface area contributed by atoms with Gasteiger partial charge in [-0.1, -0.05) is 6.92 Å². The highest BCUT2D eigenvalue weighted by molar-refractivity contribution is 5.81. The third-order valence-corrected chi connectivity index (χ3v) is 4.88. The Bertz CT molecular complexity index is 276. The van der Waals surface area contributed by atoms with E-state index in [0.29, 0.717) is 11.7 Å². The first-order chi connectivity index (χ1) is 7.24. The number of hydrogen-bond acceptors (Lipinski definition) is 2. The van der Waals surface area contributed by atoms with Gasteiger partial charge in [0, 0.05) is 24.9 Å². The van der Waals surface area contributed by atoms with Crippen LogP contribution in [0.4, 0.5) is 0 Å². The molecule has 0 radical (unpaired) electrons. The minimum Gasteiger partial charge on any atom is -0.313 e. The van der Waals surface area contributed by atoms with Crippen LogP contribution < -0.4 is 5.32 Å². The van der Waals surface area contributed by atoms with Gasteiger partial charge in [-0.15, -0.1) is 0 Å². The highest BCUT2D eigenvalue weighted by Crippen LogP contribution is 2.44. The van der Waals surface area contributed by atoms with Crippen LogP contribution in [0.5, 0.6) is 0 Å². The first-order valence-corrected chi connectivity index (χ1v) is 6.50. The summed E-state index contributed by atoms with van der Waals surface area (Å²) in [5.41, 5.74) is 0. The summed E-state index contributed by atoms with van der Waals surface area (Å²) in [5, 5.41) is 3.63. The van der Waals surface area contributed by atoms with Gasteiger partial charge in [0.1, 0.15) is 5.78 Å². The Morgan fingerprint density at radius 2 is 2.13 bits per heavy atom. The Balaban J connectivity index is 1.85. The van der Waals surface area contributed by atoms with Gasteiger partial charge < -0.3 is 5.32 Å². The van der Waals surface area contributed by atoms with Crippen molar-refractivity contribution in [2.24, 2.45) is 23.7 Å². The van der Waals surface area contributed by atoms with Gasteiger partial charge in [0.25, 0.3) is 0 Å². The number of Topliss-reactive ketones (excluding diaryl/α,β-unsaturated/α-hetero) is 1. The molecule has 0 aromatic carbocycles. The van der Waals surface area contributed by atoms with Crippen LogP contribution >= 0.6 is 0 Å². The number of ketones is 1. The molecule has 3 rings (SSSR count). The van der Waals surface area contributed by atoms with Gasteiger partial charge in [0.05, 0.1) is 0 Å². The molecule has 3 aliphatic rings. The summed E-state index contributed by atoms with van der Waals surface area (Å²) in [6.07, 6.45) is 5.91. The van der Waals surface area contributed by atoms with Crippen molar-refractivity contribution in [3.63, 3.8) is 0 Å². The summed E-state index contributed by atoms with van der Waals surface area (Å²) in [4.78, 5) is 11.9. The largest absolute Gasteiger partial charge is 0.313 e. The van der Waals surface area contributed by atoms with Gasteiger partial charge in [-0.25, -0.2) is 0 Å². The van der Waals surface area contributed by atoms with E-state index in [-0.39, 0.29) is 0 Å². The maximum Gasteiger partial charge on any atom is 0.137 e. The molecule has 2 bridgehead atoms. The fourth-order valence-electron chi connectivity index (χ4n) is 4.13. The van der Waals surface area contributed by atoms with E-state index < -0.39 is 0 Å². The monoisotopic (exact) mass is 207 g/mol. The molecular weight excluding hydrogens is 186 g/mol. The molecule has 1 unspecified atom stereocenters. The highest BCUT2D eigenvalue weighted by atomic mass is 16.1. The smallest absolute Gasteiger partial charge is 0.137 e. The Hall–Kier alpha value is -0.370. The summed E-state index contributed by atoms with van der Waals surface area (Å²) in [7, 11) is 0. The molecule has 1 heterocycles. The number of carbonyl (C=O) groups excluding carboxylic acids is 1. The van der Waals surface area contributed by atoms with Crippen LogP contribution in [-0.4, -0.2) is 18.4 Å². The molecular formula is C13H21NO. The van der Waals surface area contributed by atoms with Crippen LogP contribution in [0, 0.1) is 23.7 Å². The average molecular weight is 207 g/mol. The lowest BCUT2D eigenvalue weighted by Crippen LogP contribution is -2.51. The van der Waals surface area contributed by atoms with E-state index in [2.05, 4.69) is 12.2 Å². The third kappa shape index (κ3) is 1.63. The number of rotatable bonds is 0. The molecule has 2 heteroatoms. The minimum absolute atomic E-state index is 0.352. The van der Waals surface area contributed by atoms with E-state index >= 15 is 0 Å². The molecule has 1 N–H and O–H groups in total. The maximum atomic E-state index is 11.9. The van der Waals surface area contributed by atoms with Crippen molar-refractivity contribution in [3.8, 4) is 0 Å². The summed E-state index contributed by atoms with van der Waals surface area (Å²) >= 11 is 0. The van der Waals surface area contributed by atoms with Crippen LogP contribution in [0.1, 0.15) is 39.0 Å². The van der Waals surface area contributed by atoms with Crippen molar-refractivity contribution >= 4 is 5.78 Å². The van der Waals surface area contributed by atoms with E-state index in [1.807, 2.05) is 0 Å². The fourth-order valence-corrected chi connectivity index (χ4v) is 4.13. The van der Waals surface area contributed by atoms with E-state index in [1.165, 1.54) is 25.7 Å². The number of carbonyl (C=O) groups is 1. The van der Waals surface area contributed by atoms with Gasteiger partial charge in [-0.3, -0.25) is 4.79 Å². The second-order valence-corrected chi connectivity index (χ2v) is 5.95. The van der Waals surface area contributed by atoms with Gasteiger partial charge >= 0.3 is 0 Å². The van der Waals surface area contributed by atoms with Gasteiger partial charge in [0.2, 0.25) is 0 Å². The van der Waals surface area contributed by atoms with Crippen LogP contribution in [0.25, 0.3) is 0 Å². The Morgan fingerprint density at radius 3 is 3.00 bits per heavy atom. The van der Waals surface area contributed by atoms with Gasteiger partial charge in [-0.05, 0) is 43.4 Å². The van der Waals surface area contributed by atoms with Crippen molar-refractivity contribution < 1.29 is 4.79 Å². The lowest BCUT2D eigenvalue weighted by atomic mass is 9.67. The normalized spacial score (nSPS) is 49.9. The second-order valence-electron chi connectivity index (χ2n) is 5.95. The molecule has 2 aliphatic carbocycles. The molecule has 0 aromatic heterocycles. The summed E-state index contributed by atoms with van der Waals surface area (Å²) in [6, 6.07) is 0.723. The molecule has 0 aromatic rings. The van der Waals surface area contributed by atoms with Gasteiger partial charge in [0.15, 0.2) is 0 Å². The second kappa shape index (κ2) is 3.58. The predicted molar refractivity (Wildman–Crippen MR) is 59.5 cm³/mol. The number of piperidine rings is 1. The van der Waals surface area contributed by atoms with E-state index in [9.17, 15) is 4.79 Å². The third-order valence-electron chi connectivity index (χ3n) is 4.88. The minimum atomic E-state index is 0.352. The summed E-state index contributed by atoms with van der Waals surface area (Å²) in [5.74, 6) is 3.38. The number of nitrogens with one attached hydrogen (secondary N) is 1. The molecule has 84 valence electrons. The fraction of sp³-hybridized carbons (Fsp3) is 0.923. The number of fused-ring (bicyclic) bond motifs is 1. The van der Waals surface area contributed by atoms with Crippen LogP contribution in [0.3, 0.4) is 0 Å². The van der Waals surface area contributed by atoms with E-state index in [4.69, 9.17) is 0 Å². The van der Waals surface area contributed by atoms with Crippen LogP contribution in [0.15, 0.2) is 0 Å². The lowest BCUT2D eigenvalue weighted by molar-refractivity contribution is -0.123. The number of hydrogen-bond donors (Lipinski definition) is 1. The van der Waals surface area contributed by atoms with Crippen molar-refractivity contribution in [2.75, 3.05) is 6.54 Å². The Labute approximate surface area is 91.8 Å². The van der Waals surface area contributed by atoms with Crippen LogP contribution in [0.2, 0.25) is 0 Å². The molecule has 5 atom stereocenters. The topological polar surface area (TPSA) is 29.1 Å². The molecule has 0 spiro atoms. The zero-order valence-electron chi connectivity index (χ0n) is 9.54. The van der Waals surface area contributed by atoms with Crippen molar-refractivity contribution in [1.82, 2.24) is 5.32 Å². The van der Waals surface area contributed by atoms with Gasteiger partial charge in [-0.2, -0.15) is 0 Å². The molecule has 15 heavy (non-hydrogen) atoms. The molecule has 0 amide bonds. The van der Waals surface area contributed by atoms with E-state index in [1.54, 1.807) is 0 Å². The van der Waals surface area contributed by atoms with Crippen molar-refractivity contribution in [1.29, 1.82) is 0 Å². The molecule has 1 saturated heterocycles. The quantitative estimate of drug-likeness (QED) is 0.658. The standard InChI is InChI=1S/C13H21NO/c1-8-4-9-2-3-13(15)10-6-11(9)12(5-8)14-7-10/h8-12,14H,2-7H2,1H3/t8-,9-,10?,11-,12+/m1/s1. The van der Waals surface area contributed by atoms with Crippen molar-refractivity contribution in [3.05, 3.63) is 0 Å². The Kier molecular flexibility index (Phi) is 2.35. The highest BCUT2D eigenvalue weighted by Gasteiger charge is 2.43. The Morgan fingerprint density at radius 1 is 1.27 bits per heavy atom. The summed E-state index contributed by atoms with van der Waals surface area (Å²) in [6.45, 7) is 3.33. The summed E-state index contributed by atoms with van der Waals surface area (Å²) < 4.78 is 0. The van der Waals surface area contributed by atoms with Crippen molar-refractivity contribution in [2.45, 2.75) is 45.1 Å². The zero-order valence-corrected chi connectivity index (χ0v) is 9.54. The SMILES string of the molecule is C[C@@H]1C[C@H]2CCC(=O)C3CN[C@@H](C1)[C@@H]2C3. The lowest BCUT2D eigenvalue weighted by Gasteiger charge is -2.44. The predicted octanol–water partition coefficient (Wildman–Crippen LogP) is 1.99. The molecule has 3 fully saturated rings. The molecule has 1 aliphatic heterocycles. The molecule has 2 saturated carbocycles.